The van der Waals surface area contributed by atoms with Gasteiger partial charge in [-0.05, 0) is 32.8 Å². The van der Waals surface area contributed by atoms with Crippen molar-refractivity contribution in [2.75, 3.05) is 6.61 Å². The van der Waals surface area contributed by atoms with E-state index >= 15 is 0 Å². The highest BCUT2D eigenvalue weighted by molar-refractivity contribution is 5.82. The predicted octanol–water partition coefficient (Wildman–Crippen LogP) is 2.53. The van der Waals surface area contributed by atoms with Crippen LogP contribution in [0.25, 0.3) is 0 Å². The Bertz CT molecular complexity index is 475. The monoisotopic (exact) mass is 280 g/mol. The Hall–Kier alpha value is -1.49. The molecule has 0 aliphatic heterocycles. The SMILES string of the molecule is CCOC(=O)C(C)(NC1CCCC1)c1cncc(F)c1. The van der Waals surface area contributed by atoms with E-state index in [4.69, 9.17) is 4.74 Å². The van der Waals surface area contributed by atoms with E-state index in [9.17, 15) is 9.18 Å². The van der Waals surface area contributed by atoms with E-state index in [-0.39, 0.29) is 12.0 Å². The summed E-state index contributed by atoms with van der Waals surface area (Å²) in [5, 5.41) is 3.34. The zero-order valence-corrected chi connectivity index (χ0v) is 12.0. The molecule has 20 heavy (non-hydrogen) atoms. The Kier molecular flexibility index (Phi) is 4.70. The Labute approximate surface area is 118 Å². The van der Waals surface area contributed by atoms with Crippen molar-refractivity contribution in [3.05, 3.63) is 29.8 Å². The molecular weight excluding hydrogens is 259 g/mol. The lowest BCUT2D eigenvalue weighted by Crippen LogP contribution is -2.51. The van der Waals surface area contributed by atoms with E-state index < -0.39 is 11.4 Å². The molecule has 2 rings (SSSR count). The van der Waals surface area contributed by atoms with Gasteiger partial charge in [0.1, 0.15) is 11.4 Å². The summed E-state index contributed by atoms with van der Waals surface area (Å²) in [7, 11) is 0. The second-order valence-electron chi connectivity index (χ2n) is 5.36. The van der Waals surface area contributed by atoms with Gasteiger partial charge in [0.15, 0.2) is 0 Å². The first-order valence-electron chi connectivity index (χ1n) is 7.12. The van der Waals surface area contributed by atoms with Gasteiger partial charge in [-0.2, -0.15) is 0 Å². The summed E-state index contributed by atoms with van der Waals surface area (Å²) >= 11 is 0. The Morgan fingerprint density at radius 3 is 2.80 bits per heavy atom. The molecule has 1 unspecified atom stereocenters. The van der Waals surface area contributed by atoms with Gasteiger partial charge in [-0.15, -0.1) is 0 Å². The minimum Gasteiger partial charge on any atom is -0.464 e. The van der Waals surface area contributed by atoms with Gasteiger partial charge in [-0.3, -0.25) is 10.3 Å². The van der Waals surface area contributed by atoms with Crippen molar-refractivity contribution in [3.8, 4) is 0 Å². The van der Waals surface area contributed by atoms with Crippen molar-refractivity contribution >= 4 is 5.97 Å². The van der Waals surface area contributed by atoms with Crippen LogP contribution < -0.4 is 5.32 Å². The van der Waals surface area contributed by atoms with Gasteiger partial charge in [-0.25, -0.2) is 9.18 Å². The lowest BCUT2D eigenvalue weighted by Gasteiger charge is -2.31. The number of nitrogens with zero attached hydrogens (tertiary/aromatic N) is 1. The Morgan fingerprint density at radius 2 is 2.20 bits per heavy atom. The first kappa shape index (κ1) is 14.9. The molecule has 1 aromatic heterocycles. The molecule has 1 saturated carbocycles. The lowest BCUT2D eigenvalue weighted by molar-refractivity contribution is -0.151. The van der Waals surface area contributed by atoms with Crippen LogP contribution in [0.2, 0.25) is 0 Å². The molecule has 0 aromatic carbocycles. The molecule has 0 saturated heterocycles. The number of halogens is 1. The molecular formula is C15H21FN2O2. The minimum atomic E-state index is -1.06. The number of esters is 1. The second kappa shape index (κ2) is 6.31. The standard InChI is InChI=1S/C15H21FN2O2/c1-3-20-14(19)15(2,18-13-6-4-5-7-13)11-8-12(16)10-17-9-11/h8-10,13,18H,3-7H2,1-2H3. The second-order valence-corrected chi connectivity index (χ2v) is 5.36. The summed E-state index contributed by atoms with van der Waals surface area (Å²) in [4.78, 5) is 16.2. The average Bonchev–Trinajstić information content (AvgIpc) is 2.91. The molecule has 4 nitrogen and oxygen atoms in total. The number of rotatable bonds is 5. The fraction of sp³-hybridized carbons (Fsp3) is 0.600. The smallest absolute Gasteiger partial charge is 0.330 e. The Morgan fingerprint density at radius 1 is 1.50 bits per heavy atom. The van der Waals surface area contributed by atoms with Crippen LogP contribution in [0.4, 0.5) is 4.39 Å². The zero-order valence-electron chi connectivity index (χ0n) is 12.0. The maximum Gasteiger partial charge on any atom is 0.330 e. The summed E-state index contributed by atoms with van der Waals surface area (Å²) in [6.45, 7) is 3.79. The molecule has 5 heteroatoms. The van der Waals surface area contributed by atoms with Gasteiger partial charge in [-0.1, -0.05) is 12.8 Å². The highest BCUT2D eigenvalue weighted by atomic mass is 19.1. The van der Waals surface area contributed by atoms with E-state index in [1.807, 2.05) is 0 Å². The molecule has 0 bridgehead atoms. The number of hydrogen-bond acceptors (Lipinski definition) is 4. The summed E-state index contributed by atoms with van der Waals surface area (Å²) in [5.41, 5.74) is -0.553. The summed E-state index contributed by atoms with van der Waals surface area (Å²) in [6, 6.07) is 1.60. The average molecular weight is 280 g/mol. The van der Waals surface area contributed by atoms with E-state index in [0.717, 1.165) is 31.9 Å². The first-order valence-corrected chi connectivity index (χ1v) is 7.12. The van der Waals surface area contributed by atoms with Crippen LogP contribution in [0.15, 0.2) is 18.5 Å². The third-order valence-corrected chi connectivity index (χ3v) is 3.81. The summed E-state index contributed by atoms with van der Waals surface area (Å²) in [6.07, 6.45) is 7.00. The molecule has 0 amide bonds. The van der Waals surface area contributed by atoms with Gasteiger partial charge < -0.3 is 4.74 Å². The molecule has 1 aliphatic rings. The third-order valence-electron chi connectivity index (χ3n) is 3.81. The van der Waals surface area contributed by atoms with Crippen LogP contribution in [-0.4, -0.2) is 23.6 Å². The number of ether oxygens (including phenoxy) is 1. The highest BCUT2D eigenvalue weighted by Crippen LogP contribution is 2.27. The van der Waals surface area contributed by atoms with Crippen LogP contribution in [0.3, 0.4) is 0 Å². The number of hydrogen-bond donors (Lipinski definition) is 1. The lowest BCUT2D eigenvalue weighted by atomic mass is 9.92. The zero-order chi connectivity index (χ0) is 14.6. The van der Waals surface area contributed by atoms with Crippen molar-refractivity contribution in [2.24, 2.45) is 0 Å². The van der Waals surface area contributed by atoms with Gasteiger partial charge in [0.05, 0.1) is 12.8 Å². The molecule has 1 fully saturated rings. The number of carbonyl (C=O) groups is 1. The van der Waals surface area contributed by atoms with Crippen LogP contribution in [0.1, 0.15) is 45.1 Å². The predicted molar refractivity (Wildman–Crippen MR) is 73.6 cm³/mol. The van der Waals surface area contributed by atoms with Crippen molar-refractivity contribution in [1.82, 2.24) is 10.3 Å². The molecule has 1 aromatic rings. The van der Waals surface area contributed by atoms with Gasteiger partial charge in [0, 0.05) is 17.8 Å². The van der Waals surface area contributed by atoms with Crippen molar-refractivity contribution in [2.45, 2.75) is 51.1 Å². The molecule has 0 spiro atoms. The molecule has 110 valence electrons. The maximum absolute atomic E-state index is 13.4. The van der Waals surface area contributed by atoms with Crippen LogP contribution in [0.5, 0.6) is 0 Å². The summed E-state index contributed by atoms with van der Waals surface area (Å²) < 4.78 is 18.6. The number of nitrogens with one attached hydrogen (secondary N) is 1. The number of aromatic nitrogens is 1. The Balaban J connectivity index is 2.29. The summed E-state index contributed by atoms with van der Waals surface area (Å²) in [5.74, 6) is -0.842. The maximum atomic E-state index is 13.4. The van der Waals surface area contributed by atoms with Crippen LogP contribution >= 0.6 is 0 Å². The van der Waals surface area contributed by atoms with E-state index in [2.05, 4.69) is 10.3 Å². The van der Waals surface area contributed by atoms with Gasteiger partial charge in [0.2, 0.25) is 0 Å². The van der Waals surface area contributed by atoms with E-state index in [0.29, 0.717) is 12.2 Å². The van der Waals surface area contributed by atoms with Crippen LogP contribution in [0, 0.1) is 5.82 Å². The topological polar surface area (TPSA) is 51.2 Å². The number of carbonyl (C=O) groups excluding carboxylic acids is 1. The van der Waals surface area contributed by atoms with E-state index in [1.165, 1.54) is 12.3 Å². The molecule has 1 heterocycles. The minimum absolute atomic E-state index is 0.257. The van der Waals surface area contributed by atoms with Crippen molar-refractivity contribution < 1.29 is 13.9 Å². The molecule has 1 N–H and O–H groups in total. The quantitative estimate of drug-likeness (QED) is 0.842. The molecule has 1 aliphatic carbocycles. The normalized spacial score (nSPS) is 18.8. The van der Waals surface area contributed by atoms with Crippen LogP contribution in [-0.2, 0) is 15.1 Å². The van der Waals surface area contributed by atoms with Crippen molar-refractivity contribution in [1.29, 1.82) is 0 Å². The van der Waals surface area contributed by atoms with Gasteiger partial charge >= 0.3 is 5.97 Å². The highest BCUT2D eigenvalue weighted by Gasteiger charge is 2.39. The third kappa shape index (κ3) is 3.15. The largest absolute Gasteiger partial charge is 0.464 e. The molecule has 1 atom stereocenters. The number of pyridine rings is 1. The molecule has 0 radical (unpaired) electrons. The first-order chi connectivity index (χ1) is 9.56. The van der Waals surface area contributed by atoms with Gasteiger partial charge in [0.25, 0.3) is 0 Å². The van der Waals surface area contributed by atoms with E-state index in [1.54, 1.807) is 13.8 Å². The van der Waals surface area contributed by atoms with Crippen molar-refractivity contribution in [3.63, 3.8) is 0 Å². The fourth-order valence-corrected chi connectivity index (χ4v) is 2.70. The fourth-order valence-electron chi connectivity index (χ4n) is 2.70.